The number of hydrogen-bond donors (Lipinski definition) is 1. The van der Waals surface area contributed by atoms with Crippen LogP contribution in [0, 0.1) is 6.92 Å². The highest BCUT2D eigenvalue weighted by atomic mass is 32.2. The minimum absolute atomic E-state index is 0.0546. The van der Waals surface area contributed by atoms with Gasteiger partial charge in [-0.25, -0.2) is 13.2 Å². The predicted molar refractivity (Wildman–Crippen MR) is 109 cm³/mol. The molecule has 1 aromatic carbocycles. The fourth-order valence-electron chi connectivity index (χ4n) is 3.33. The van der Waals surface area contributed by atoms with Crippen LogP contribution in [0.15, 0.2) is 18.2 Å². The van der Waals surface area contributed by atoms with Crippen LogP contribution in [0.1, 0.15) is 49.0 Å². The van der Waals surface area contributed by atoms with Crippen LogP contribution in [0.3, 0.4) is 0 Å². The number of nitrogens with zero attached hydrogens (tertiary/aromatic N) is 1. The maximum absolute atomic E-state index is 12.7. The Hall–Kier alpha value is -2.42. The molecule has 2 rings (SSSR count). The van der Waals surface area contributed by atoms with Gasteiger partial charge in [-0.1, -0.05) is 25.5 Å². The van der Waals surface area contributed by atoms with E-state index in [4.69, 9.17) is 4.74 Å². The summed E-state index contributed by atoms with van der Waals surface area (Å²) in [6.07, 6.45) is 1.99. The Labute approximate surface area is 171 Å². The summed E-state index contributed by atoms with van der Waals surface area (Å²) in [6, 6.07) is 4.55. The van der Waals surface area contributed by atoms with Gasteiger partial charge in [-0.2, -0.15) is 0 Å². The number of carbonyl (C=O) groups excluding carboxylic acids is 3. The molecule has 0 radical (unpaired) electrons. The number of unbranched alkanes of at least 4 members (excludes halogenated alkanes) is 1. The second kappa shape index (κ2) is 9.87. The Morgan fingerprint density at radius 1 is 1.28 bits per heavy atom. The fraction of sp³-hybridized carbons (Fsp3) is 0.550. The molecule has 1 N–H and O–H groups in total. The van der Waals surface area contributed by atoms with Crippen molar-refractivity contribution in [1.29, 1.82) is 0 Å². The standard InChI is InChI=1S/C20H28N2O6S/c1-4-5-10-22(16-9-11-29(26,27)13-16)18(24)12-28-20(25)17-8-6-7-14(2)19(17)21-15(3)23/h6-8,16H,4-5,9-13H2,1-3H3,(H,21,23). The van der Waals surface area contributed by atoms with Gasteiger partial charge in [-0.05, 0) is 31.4 Å². The molecular formula is C20H28N2O6S. The van der Waals surface area contributed by atoms with Crippen LogP contribution in [-0.2, 0) is 24.2 Å². The molecule has 1 unspecified atom stereocenters. The summed E-state index contributed by atoms with van der Waals surface area (Å²) in [7, 11) is -3.14. The second-order valence-corrected chi connectivity index (χ2v) is 9.48. The molecular weight excluding hydrogens is 396 g/mol. The molecule has 9 heteroatoms. The summed E-state index contributed by atoms with van der Waals surface area (Å²) in [5.41, 5.74) is 1.21. The number of para-hydroxylation sites is 1. The molecule has 1 aliphatic heterocycles. The topological polar surface area (TPSA) is 110 Å². The van der Waals surface area contributed by atoms with Gasteiger partial charge in [-0.3, -0.25) is 9.59 Å². The molecule has 0 aliphatic carbocycles. The summed E-state index contributed by atoms with van der Waals surface area (Å²) in [5.74, 6) is -1.45. The summed E-state index contributed by atoms with van der Waals surface area (Å²) in [5, 5.41) is 2.61. The Balaban J connectivity index is 2.08. The molecule has 1 heterocycles. The molecule has 1 fully saturated rings. The zero-order chi connectivity index (χ0) is 21.6. The van der Waals surface area contributed by atoms with Crippen molar-refractivity contribution in [3.05, 3.63) is 29.3 Å². The van der Waals surface area contributed by atoms with Crippen molar-refractivity contribution < 1.29 is 27.5 Å². The van der Waals surface area contributed by atoms with Gasteiger partial charge in [0.15, 0.2) is 16.4 Å². The Morgan fingerprint density at radius 2 is 2.00 bits per heavy atom. The highest BCUT2D eigenvalue weighted by Gasteiger charge is 2.34. The lowest BCUT2D eigenvalue weighted by Crippen LogP contribution is -2.43. The van der Waals surface area contributed by atoms with Crippen molar-refractivity contribution in [1.82, 2.24) is 4.90 Å². The first-order valence-electron chi connectivity index (χ1n) is 9.69. The van der Waals surface area contributed by atoms with Crippen molar-refractivity contribution in [3.63, 3.8) is 0 Å². The second-order valence-electron chi connectivity index (χ2n) is 7.25. The van der Waals surface area contributed by atoms with Crippen LogP contribution in [0.2, 0.25) is 0 Å². The van der Waals surface area contributed by atoms with Gasteiger partial charge in [0.25, 0.3) is 5.91 Å². The lowest BCUT2D eigenvalue weighted by Gasteiger charge is -2.28. The quantitative estimate of drug-likeness (QED) is 0.639. The average molecular weight is 425 g/mol. The number of aryl methyl sites for hydroxylation is 1. The van der Waals surface area contributed by atoms with E-state index in [-0.39, 0.29) is 29.0 Å². The average Bonchev–Trinajstić information content (AvgIpc) is 3.01. The lowest BCUT2D eigenvalue weighted by molar-refractivity contribution is -0.136. The van der Waals surface area contributed by atoms with Crippen LogP contribution in [0.5, 0.6) is 0 Å². The number of amides is 2. The summed E-state index contributed by atoms with van der Waals surface area (Å²) >= 11 is 0. The van der Waals surface area contributed by atoms with Crippen molar-refractivity contribution >= 4 is 33.3 Å². The van der Waals surface area contributed by atoms with E-state index in [1.807, 2.05) is 6.92 Å². The van der Waals surface area contributed by atoms with E-state index < -0.39 is 28.3 Å². The number of ether oxygens (including phenoxy) is 1. The molecule has 2 amide bonds. The fourth-order valence-corrected chi connectivity index (χ4v) is 5.06. The monoisotopic (exact) mass is 424 g/mol. The highest BCUT2D eigenvalue weighted by Crippen LogP contribution is 2.22. The minimum atomic E-state index is -3.14. The van der Waals surface area contributed by atoms with Gasteiger partial charge in [0.2, 0.25) is 5.91 Å². The number of rotatable bonds is 8. The van der Waals surface area contributed by atoms with Crippen LogP contribution >= 0.6 is 0 Å². The molecule has 0 spiro atoms. The Morgan fingerprint density at radius 3 is 2.59 bits per heavy atom. The summed E-state index contributed by atoms with van der Waals surface area (Å²) < 4.78 is 28.8. The number of carbonyl (C=O) groups is 3. The maximum atomic E-state index is 12.7. The largest absolute Gasteiger partial charge is 0.452 e. The molecule has 1 atom stereocenters. The molecule has 8 nitrogen and oxygen atoms in total. The molecule has 0 bridgehead atoms. The van der Waals surface area contributed by atoms with E-state index in [1.54, 1.807) is 19.1 Å². The van der Waals surface area contributed by atoms with E-state index >= 15 is 0 Å². The van der Waals surface area contributed by atoms with Crippen molar-refractivity contribution in [3.8, 4) is 0 Å². The van der Waals surface area contributed by atoms with Gasteiger partial charge < -0.3 is 15.0 Å². The SMILES string of the molecule is CCCCN(C(=O)COC(=O)c1cccc(C)c1NC(C)=O)C1CCS(=O)(=O)C1. The van der Waals surface area contributed by atoms with Crippen LogP contribution in [-0.4, -0.2) is 61.8 Å². The van der Waals surface area contributed by atoms with Crippen LogP contribution < -0.4 is 5.32 Å². The number of benzene rings is 1. The molecule has 1 aliphatic rings. The smallest absolute Gasteiger partial charge is 0.340 e. The molecule has 0 saturated carbocycles. The third-order valence-electron chi connectivity index (χ3n) is 4.84. The van der Waals surface area contributed by atoms with Crippen LogP contribution in [0.4, 0.5) is 5.69 Å². The summed E-state index contributed by atoms with van der Waals surface area (Å²) in [6.45, 7) is 5.02. The first-order chi connectivity index (χ1) is 13.6. The van der Waals surface area contributed by atoms with E-state index in [1.165, 1.54) is 17.9 Å². The molecule has 160 valence electrons. The van der Waals surface area contributed by atoms with Gasteiger partial charge in [0.05, 0.1) is 22.8 Å². The number of esters is 1. The van der Waals surface area contributed by atoms with E-state index in [9.17, 15) is 22.8 Å². The highest BCUT2D eigenvalue weighted by molar-refractivity contribution is 7.91. The Kier molecular flexibility index (Phi) is 7.78. The van der Waals surface area contributed by atoms with Gasteiger partial charge >= 0.3 is 5.97 Å². The van der Waals surface area contributed by atoms with Crippen LogP contribution in [0.25, 0.3) is 0 Å². The maximum Gasteiger partial charge on any atom is 0.340 e. The lowest BCUT2D eigenvalue weighted by atomic mass is 10.1. The van der Waals surface area contributed by atoms with Crippen molar-refractivity contribution in [2.24, 2.45) is 0 Å². The molecule has 29 heavy (non-hydrogen) atoms. The van der Waals surface area contributed by atoms with E-state index in [0.29, 0.717) is 24.2 Å². The number of nitrogens with one attached hydrogen (secondary N) is 1. The van der Waals surface area contributed by atoms with Gasteiger partial charge in [0.1, 0.15) is 0 Å². The number of anilines is 1. The molecule has 1 aromatic rings. The first-order valence-corrected chi connectivity index (χ1v) is 11.5. The third-order valence-corrected chi connectivity index (χ3v) is 6.59. The number of sulfone groups is 1. The summed E-state index contributed by atoms with van der Waals surface area (Å²) in [4.78, 5) is 38.2. The van der Waals surface area contributed by atoms with E-state index in [0.717, 1.165) is 12.8 Å². The minimum Gasteiger partial charge on any atom is -0.452 e. The first kappa shape index (κ1) is 22.9. The van der Waals surface area contributed by atoms with Gasteiger partial charge in [-0.15, -0.1) is 0 Å². The predicted octanol–water partition coefficient (Wildman–Crippen LogP) is 1.93. The van der Waals surface area contributed by atoms with Crippen molar-refractivity contribution in [2.45, 2.75) is 46.1 Å². The van der Waals surface area contributed by atoms with E-state index in [2.05, 4.69) is 5.32 Å². The number of hydrogen-bond acceptors (Lipinski definition) is 6. The normalized spacial score (nSPS) is 17.6. The van der Waals surface area contributed by atoms with Crippen molar-refractivity contribution in [2.75, 3.05) is 30.0 Å². The molecule has 0 aromatic heterocycles. The zero-order valence-electron chi connectivity index (χ0n) is 17.1. The Bertz CT molecular complexity index is 881. The van der Waals surface area contributed by atoms with Gasteiger partial charge in [0, 0.05) is 19.5 Å². The zero-order valence-corrected chi connectivity index (χ0v) is 17.9. The molecule has 1 saturated heterocycles. The third kappa shape index (κ3) is 6.28.